The summed E-state index contributed by atoms with van der Waals surface area (Å²) in [7, 11) is 0. The molecule has 1 amide bonds. The number of aromatic nitrogens is 1. The van der Waals surface area contributed by atoms with E-state index in [4.69, 9.17) is 4.74 Å². The van der Waals surface area contributed by atoms with Crippen LogP contribution in [0.5, 0.6) is 5.75 Å². The number of pyridine rings is 1. The third-order valence-corrected chi connectivity index (χ3v) is 5.83. The third kappa shape index (κ3) is 4.48. The van der Waals surface area contributed by atoms with Gasteiger partial charge in [0.25, 0.3) is 11.7 Å². The van der Waals surface area contributed by atoms with E-state index in [0.717, 1.165) is 16.7 Å². The molecule has 6 heteroatoms. The standard InChI is InChI=1S/C28H26N2O4/c1-4-14-34-22-11-9-21(10-12-22)25-24(26(31)23-15-18(2)7-8-19(23)3)27(32)28(33)30(25)17-20-6-5-13-29-16-20/h4-13,15-16,25,31H,1,14,17H2,2-3H3/b26-24+. The number of benzene rings is 2. The largest absolute Gasteiger partial charge is 0.507 e. The molecule has 2 aromatic carbocycles. The first-order chi connectivity index (χ1) is 16.4. The Balaban J connectivity index is 1.84. The van der Waals surface area contributed by atoms with Crippen molar-refractivity contribution in [2.75, 3.05) is 6.61 Å². The summed E-state index contributed by atoms with van der Waals surface area (Å²) >= 11 is 0. The average molecular weight is 455 g/mol. The van der Waals surface area contributed by atoms with Crippen LogP contribution in [0.3, 0.4) is 0 Å². The predicted molar refractivity (Wildman–Crippen MR) is 130 cm³/mol. The molecule has 1 N–H and O–H groups in total. The Morgan fingerprint density at radius 2 is 1.91 bits per heavy atom. The number of carbonyl (C=O) groups is 2. The first-order valence-electron chi connectivity index (χ1n) is 11.0. The van der Waals surface area contributed by atoms with Crippen molar-refractivity contribution >= 4 is 17.4 Å². The zero-order valence-corrected chi connectivity index (χ0v) is 19.2. The summed E-state index contributed by atoms with van der Waals surface area (Å²) in [6.45, 7) is 7.97. The third-order valence-electron chi connectivity index (χ3n) is 5.83. The Labute approximate surface area is 198 Å². The first-order valence-corrected chi connectivity index (χ1v) is 11.0. The summed E-state index contributed by atoms with van der Waals surface area (Å²) in [6.07, 6.45) is 4.96. The van der Waals surface area contributed by atoms with Gasteiger partial charge < -0.3 is 14.7 Å². The molecule has 6 nitrogen and oxygen atoms in total. The van der Waals surface area contributed by atoms with E-state index in [-0.39, 0.29) is 17.9 Å². The summed E-state index contributed by atoms with van der Waals surface area (Å²) < 4.78 is 5.57. The maximum atomic E-state index is 13.2. The second-order valence-electron chi connectivity index (χ2n) is 8.28. The molecular weight excluding hydrogens is 428 g/mol. The van der Waals surface area contributed by atoms with Crippen LogP contribution in [0.1, 0.15) is 33.9 Å². The molecule has 34 heavy (non-hydrogen) atoms. The normalized spacial score (nSPS) is 17.1. The minimum atomic E-state index is -0.756. The molecule has 4 rings (SSSR count). The highest BCUT2D eigenvalue weighted by Crippen LogP contribution is 2.41. The number of rotatable bonds is 7. The number of nitrogens with zero attached hydrogens (tertiary/aromatic N) is 2. The van der Waals surface area contributed by atoms with Gasteiger partial charge in [0.15, 0.2) is 0 Å². The number of aliphatic hydroxyl groups excluding tert-OH is 1. The van der Waals surface area contributed by atoms with Gasteiger partial charge in [0, 0.05) is 24.5 Å². The second kappa shape index (κ2) is 9.75. The molecule has 3 aromatic rings. The Bertz CT molecular complexity index is 1260. The van der Waals surface area contributed by atoms with Crippen molar-refractivity contribution in [3.8, 4) is 5.75 Å². The molecule has 0 bridgehead atoms. The van der Waals surface area contributed by atoms with Crippen LogP contribution in [0.25, 0.3) is 5.76 Å². The quantitative estimate of drug-likeness (QED) is 0.238. The first kappa shape index (κ1) is 23.0. The maximum Gasteiger partial charge on any atom is 0.295 e. The Hall–Kier alpha value is -4.19. The lowest BCUT2D eigenvalue weighted by molar-refractivity contribution is -0.140. The van der Waals surface area contributed by atoms with Crippen molar-refractivity contribution in [1.29, 1.82) is 0 Å². The lowest BCUT2D eigenvalue weighted by atomic mass is 9.93. The van der Waals surface area contributed by atoms with Gasteiger partial charge >= 0.3 is 0 Å². The van der Waals surface area contributed by atoms with Crippen LogP contribution >= 0.6 is 0 Å². The minimum Gasteiger partial charge on any atom is -0.507 e. The number of amides is 1. The number of hydrogen-bond donors (Lipinski definition) is 1. The number of Topliss-reactive ketones (excluding diaryl/α,β-unsaturated/α-hetero) is 1. The van der Waals surface area contributed by atoms with Gasteiger partial charge in [-0.05, 0) is 54.8 Å². The second-order valence-corrected chi connectivity index (χ2v) is 8.28. The molecule has 1 unspecified atom stereocenters. The van der Waals surface area contributed by atoms with Crippen molar-refractivity contribution in [2.45, 2.75) is 26.4 Å². The van der Waals surface area contributed by atoms with E-state index in [9.17, 15) is 14.7 Å². The van der Waals surface area contributed by atoms with Gasteiger partial charge in [-0.1, -0.05) is 48.6 Å². The van der Waals surface area contributed by atoms with Crippen molar-refractivity contribution < 1.29 is 19.4 Å². The molecule has 1 aromatic heterocycles. The van der Waals surface area contributed by atoms with Gasteiger partial charge in [0.2, 0.25) is 0 Å². The number of ketones is 1. The smallest absolute Gasteiger partial charge is 0.295 e. The fraction of sp³-hybridized carbons (Fsp3) is 0.179. The maximum absolute atomic E-state index is 13.2. The zero-order valence-electron chi connectivity index (χ0n) is 19.2. The number of aryl methyl sites for hydroxylation is 2. The van der Waals surface area contributed by atoms with Crippen LogP contribution in [0.15, 0.2) is 85.2 Å². The highest BCUT2D eigenvalue weighted by atomic mass is 16.5. The molecule has 0 radical (unpaired) electrons. The van der Waals surface area contributed by atoms with Gasteiger partial charge in [-0.3, -0.25) is 14.6 Å². The fourth-order valence-corrected chi connectivity index (χ4v) is 4.12. The highest BCUT2D eigenvalue weighted by Gasteiger charge is 2.46. The summed E-state index contributed by atoms with van der Waals surface area (Å²) in [6, 6.07) is 15.7. The van der Waals surface area contributed by atoms with E-state index in [1.807, 2.05) is 50.2 Å². The summed E-state index contributed by atoms with van der Waals surface area (Å²) in [5.74, 6) is -0.903. The van der Waals surface area contributed by atoms with Gasteiger partial charge in [-0.15, -0.1) is 0 Å². The molecule has 1 fully saturated rings. The monoisotopic (exact) mass is 454 g/mol. The molecule has 1 atom stereocenters. The van der Waals surface area contributed by atoms with Crippen LogP contribution in [0, 0.1) is 13.8 Å². The minimum absolute atomic E-state index is 0.0716. The molecule has 172 valence electrons. The summed E-state index contributed by atoms with van der Waals surface area (Å²) in [5, 5.41) is 11.3. The SMILES string of the molecule is C=CCOc1ccc(C2/C(=C(\O)c3cc(C)ccc3C)C(=O)C(=O)N2Cc2cccnc2)cc1. The average Bonchev–Trinajstić information content (AvgIpc) is 3.09. The van der Waals surface area contributed by atoms with Crippen LogP contribution in [0.2, 0.25) is 0 Å². The van der Waals surface area contributed by atoms with Crippen LogP contribution < -0.4 is 4.74 Å². The van der Waals surface area contributed by atoms with Crippen LogP contribution in [-0.2, 0) is 16.1 Å². The predicted octanol–water partition coefficient (Wildman–Crippen LogP) is 4.89. The van der Waals surface area contributed by atoms with Crippen molar-refractivity contribution in [2.24, 2.45) is 0 Å². The van der Waals surface area contributed by atoms with E-state index < -0.39 is 17.7 Å². The topological polar surface area (TPSA) is 79.7 Å². The number of aliphatic hydroxyl groups is 1. The van der Waals surface area contributed by atoms with Crippen LogP contribution in [0.4, 0.5) is 0 Å². The zero-order chi connectivity index (χ0) is 24.2. The summed E-state index contributed by atoms with van der Waals surface area (Å²) in [4.78, 5) is 32.0. The molecule has 1 aliphatic rings. The van der Waals surface area contributed by atoms with Crippen molar-refractivity contribution in [1.82, 2.24) is 9.88 Å². The number of ether oxygens (including phenoxy) is 1. The van der Waals surface area contributed by atoms with Gasteiger partial charge in [-0.25, -0.2) is 0 Å². The molecule has 2 heterocycles. The van der Waals surface area contributed by atoms with E-state index in [1.54, 1.807) is 36.7 Å². The van der Waals surface area contributed by atoms with Crippen LogP contribution in [-0.4, -0.2) is 33.3 Å². The molecule has 0 spiro atoms. The summed E-state index contributed by atoms with van der Waals surface area (Å²) in [5.41, 5.74) is 3.84. The lowest BCUT2D eigenvalue weighted by Gasteiger charge is -2.25. The Kier molecular flexibility index (Phi) is 6.59. The number of likely N-dealkylation sites (tertiary alicyclic amines) is 1. The van der Waals surface area contributed by atoms with E-state index in [0.29, 0.717) is 23.5 Å². The van der Waals surface area contributed by atoms with E-state index >= 15 is 0 Å². The lowest BCUT2D eigenvalue weighted by Crippen LogP contribution is -2.29. The Morgan fingerprint density at radius 1 is 1.15 bits per heavy atom. The molecule has 1 aliphatic heterocycles. The molecule has 0 aliphatic carbocycles. The van der Waals surface area contributed by atoms with E-state index in [2.05, 4.69) is 11.6 Å². The highest BCUT2D eigenvalue weighted by molar-refractivity contribution is 6.46. The number of carbonyl (C=O) groups excluding carboxylic acids is 2. The van der Waals surface area contributed by atoms with Crippen molar-refractivity contribution in [3.63, 3.8) is 0 Å². The van der Waals surface area contributed by atoms with Crippen molar-refractivity contribution in [3.05, 3.63) is 113 Å². The fourth-order valence-electron chi connectivity index (χ4n) is 4.12. The van der Waals surface area contributed by atoms with E-state index in [1.165, 1.54) is 4.90 Å². The van der Waals surface area contributed by atoms with Gasteiger partial charge in [0.05, 0.1) is 11.6 Å². The van der Waals surface area contributed by atoms with Gasteiger partial charge in [-0.2, -0.15) is 0 Å². The Morgan fingerprint density at radius 3 is 2.59 bits per heavy atom. The molecule has 0 saturated carbocycles. The molecular formula is C28H26N2O4. The van der Waals surface area contributed by atoms with Gasteiger partial charge in [0.1, 0.15) is 18.1 Å². The number of hydrogen-bond acceptors (Lipinski definition) is 5. The molecule has 1 saturated heterocycles.